The van der Waals surface area contributed by atoms with E-state index in [1.165, 1.54) is 12.4 Å². The third kappa shape index (κ3) is 2.22. The van der Waals surface area contributed by atoms with Crippen molar-refractivity contribution in [3.8, 4) is 0 Å². The Morgan fingerprint density at radius 1 is 1.42 bits per heavy atom. The van der Waals surface area contributed by atoms with Gasteiger partial charge in [0.05, 0.1) is 11.8 Å². The Hall–Kier alpha value is -2.21. The second-order valence-corrected chi connectivity index (χ2v) is 4.76. The van der Waals surface area contributed by atoms with Crippen LogP contribution in [0.15, 0.2) is 35.2 Å². The van der Waals surface area contributed by atoms with Crippen molar-refractivity contribution in [2.75, 3.05) is 0 Å². The Morgan fingerprint density at radius 2 is 2.16 bits per heavy atom. The van der Waals surface area contributed by atoms with E-state index in [2.05, 4.69) is 9.97 Å². The van der Waals surface area contributed by atoms with Gasteiger partial charge in [-0.3, -0.25) is 10.0 Å². The molecule has 2 aromatic heterocycles. The van der Waals surface area contributed by atoms with E-state index in [-0.39, 0.29) is 11.0 Å². The first kappa shape index (κ1) is 11.9. The van der Waals surface area contributed by atoms with Gasteiger partial charge in [0.25, 0.3) is 5.91 Å². The summed E-state index contributed by atoms with van der Waals surface area (Å²) in [5, 5.41) is 8.51. The van der Waals surface area contributed by atoms with Crippen LogP contribution in [0.3, 0.4) is 0 Å². The first-order valence-corrected chi connectivity index (χ1v) is 6.03. The number of furan rings is 1. The van der Waals surface area contributed by atoms with Crippen LogP contribution in [0.2, 0.25) is 0 Å². The Morgan fingerprint density at radius 3 is 2.68 bits per heavy atom. The van der Waals surface area contributed by atoms with E-state index in [0.29, 0.717) is 12.2 Å². The third-order valence-corrected chi connectivity index (χ3v) is 3.46. The SMILES string of the molecule is O=C(NO)c1cnc(CC2(c3ccco3)CC2)nc1. The average molecular weight is 259 g/mol. The number of amides is 1. The topological polar surface area (TPSA) is 88.2 Å². The molecule has 0 bridgehead atoms. The number of rotatable bonds is 4. The van der Waals surface area contributed by atoms with Gasteiger partial charge in [0.15, 0.2) is 0 Å². The second kappa shape index (κ2) is 4.47. The average Bonchev–Trinajstić information content (AvgIpc) is 3.02. The Bertz CT molecular complexity index is 574. The van der Waals surface area contributed by atoms with Crippen LogP contribution in [0.1, 0.15) is 34.8 Å². The van der Waals surface area contributed by atoms with Gasteiger partial charge < -0.3 is 4.42 Å². The minimum absolute atomic E-state index is 0.0181. The van der Waals surface area contributed by atoms with E-state index >= 15 is 0 Å². The van der Waals surface area contributed by atoms with E-state index in [4.69, 9.17) is 9.62 Å². The zero-order valence-electron chi connectivity index (χ0n) is 10.2. The predicted octanol–water partition coefficient (Wildman–Crippen LogP) is 1.46. The Kier molecular flexibility index (Phi) is 2.79. The normalized spacial score (nSPS) is 16.1. The maximum Gasteiger partial charge on any atom is 0.277 e. The molecule has 3 rings (SSSR count). The largest absolute Gasteiger partial charge is 0.469 e. The summed E-state index contributed by atoms with van der Waals surface area (Å²) in [6.07, 6.45) is 7.30. The summed E-state index contributed by atoms with van der Waals surface area (Å²) >= 11 is 0. The van der Waals surface area contributed by atoms with Gasteiger partial charge in [-0.05, 0) is 25.0 Å². The molecule has 0 aromatic carbocycles. The third-order valence-electron chi connectivity index (χ3n) is 3.46. The molecular weight excluding hydrogens is 246 g/mol. The molecule has 2 heterocycles. The predicted molar refractivity (Wildman–Crippen MR) is 64.6 cm³/mol. The van der Waals surface area contributed by atoms with E-state index in [1.54, 1.807) is 11.7 Å². The summed E-state index contributed by atoms with van der Waals surface area (Å²) in [6.45, 7) is 0. The first-order valence-electron chi connectivity index (χ1n) is 6.03. The minimum Gasteiger partial charge on any atom is -0.469 e. The monoisotopic (exact) mass is 259 g/mol. The molecule has 6 nitrogen and oxygen atoms in total. The molecule has 0 unspecified atom stereocenters. The quantitative estimate of drug-likeness (QED) is 0.641. The number of nitrogens with zero attached hydrogens (tertiary/aromatic N) is 2. The van der Waals surface area contributed by atoms with E-state index in [1.807, 2.05) is 12.1 Å². The van der Waals surface area contributed by atoms with Crippen LogP contribution in [-0.4, -0.2) is 21.1 Å². The van der Waals surface area contributed by atoms with Crippen LogP contribution < -0.4 is 5.48 Å². The van der Waals surface area contributed by atoms with Crippen LogP contribution in [0.4, 0.5) is 0 Å². The van der Waals surface area contributed by atoms with E-state index in [9.17, 15) is 4.79 Å². The van der Waals surface area contributed by atoms with E-state index in [0.717, 1.165) is 18.6 Å². The molecule has 2 N–H and O–H groups in total. The van der Waals surface area contributed by atoms with Gasteiger partial charge in [-0.1, -0.05) is 0 Å². The molecule has 1 aliphatic carbocycles. The van der Waals surface area contributed by atoms with Crippen molar-refractivity contribution in [3.05, 3.63) is 47.9 Å². The number of carbonyl (C=O) groups is 1. The lowest BCUT2D eigenvalue weighted by atomic mass is 9.99. The van der Waals surface area contributed by atoms with Crippen LogP contribution in [0, 0.1) is 0 Å². The maximum atomic E-state index is 11.2. The molecule has 0 radical (unpaired) electrons. The molecule has 1 saturated carbocycles. The lowest BCUT2D eigenvalue weighted by Crippen LogP contribution is -2.20. The molecular formula is C13H13N3O3. The molecule has 98 valence electrons. The van der Waals surface area contributed by atoms with Gasteiger partial charge in [0, 0.05) is 24.2 Å². The summed E-state index contributed by atoms with van der Waals surface area (Å²) in [6, 6.07) is 3.85. The van der Waals surface area contributed by atoms with Gasteiger partial charge in [0.2, 0.25) is 0 Å². The van der Waals surface area contributed by atoms with Crippen LogP contribution in [0.25, 0.3) is 0 Å². The molecule has 0 saturated heterocycles. The number of hydroxylamine groups is 1. The van der Waals surface area contributed by atoms with Crippen molar-refractivity contribution in [2.45, 2.75) is 24.7 Å². The molecule has 19 heavy (non-hydrogen) atoms. The smallest absolute Gasteiger partial charge is 0.277 e. The number of aromatic nitrogens is 2. The minimum atomic E-state index is -0.612. The van der Waals surface area contributed by atoms with Crippen molar-refractivity contribution in [1.29, 1.82) is 0 Å². The first-order chi connectivity index (χ1) is 9.23. The van der Waals surface area contributed by atoms with Crippen LogP contribution in [0.5, 0.6) is 0 Å². The van der Waals surface area contributed by atoms with Crippen molar-refractivity contribution in [2.24, 2.45) is 0 Å². The fourth-order valence-electron chi connectivity index (χ4n) is 2.17. The zero-order valence-corrected chi connectivity index (χ0v) is 10.2. The number of hydrogen-bond donors (Lipinski definition) is 2. The Labute approximate surface area is 109 Å². The lowest BCUT2D eigenvalue weighted by Gasteiger charge is -2.10. The highest BCUT2D eigenvalue weighted by Crippen LogP contribution is 2.50. The van der Waals surface area contributed by atoms with Crippen molar-refractivity contribution in [1.82, 2.24) is 15.4 Å². The summed E-state index contributed by atoms with van der Waals surface area (Å²) in [5.74, 6) is 1.02. The fraction of sp³-hybridized carbons (Fsp3) is 0.308. The summed E-state index contributed by atoms with van der Waals surface area (Å²) in [4.78, 5) is 19.5. The highest BCUT2D eigenvalue weighted by Gasteiger charge is 2.47. The van der Waals surface area contributed by atoms with Crippen molar-refractivity contribution >= 4 is 5.91 Å². The summed E-state index contributed by atoms with van der Waals surface area (Å²) < 4.78 is 5.46. The molecule has 0 aliphatic heterocycles. The maximum absolute atomic E-state index is 11.2. The van der Waals surface area contributed by atoms with Gasteiger partial charge in [-0.2, -0.15) is 0 Å². The second-order valence-electron chi connectivity index (χ2n) is 4.76. The molecule has 2 aromatic rings. The molecule has 1 fully saturated rings. The highest BCUT2D eigenvalue weighted by molar-refractivity contribution is 5.92. The number of hydrogen-bond acceptors (Lipinski definition) is 5. The summed E-state index contributed by atoms with van der Waals surface area (Å²) in [5.41, 5.74) is 1.80. The lowest BCUT2D eigenvalue weighted by molar-refractivity contribution is 0.0705. The zero-order chi connectivity index (χ0) is 13.3. The van der Waals surface area contributed by atoms with E-state index < -0.39 is 5.91 Å². The highest BCUT2D eigenvalue weighted by atomic mass is 16.5. The standard InChI is InChI=1S/C13H13N3O3/c17-12(16-18)9-7-14-11(15-8-9)6-13(3-4-13)10-2-1-5-19-10/h1-2,5,7-8,18H,3-4,6H2,(H,16,17). The molecule has 1 amide bonds. The van der Waals surface area contributed by atoms with Crippen molar-refractivity contribution < 1.29 is 14.4 Å². The van der Waals surface area contributed by atoms with Crippen molar-refractivity contribution in [3.63, 3.8) is 0 Å². The Balaban J connectivity index is 1.76. The van der Waals surface area contributed by atoms with Gasteiger partial charge in [0.1, 0.15) is 11.6 Å². The number of carbonyl (C=O) groups excluding carboxylic acids is 1. The molecule has 1 aliphatic rings. The van der Waals surface area contributed by atoms with Gasteiger partial charge in [-0.25, -0.2) is 15.4 Å². The molecule has 0 spiro atoms. The summed E-state index contributed by atoms with van der Waals surface area (Å²) in [7, 11) is 0. The molecule has 0 atom stereocenters. The van der Waals surface area contributed by atoms with Gasteiger partial charge >= 0.3 is 0 Å². The molecule has 6 heteroatoms. The van der Waals surface area contributed by atoms with Gasteiger partial charge in [-0.15, -0.1) is 0 Å². The van der Waals surface area contributed by atoms with Crippen LogP contribution >= 0.6 is 0 Å². The fourth-order valence-corrected chi connectivity index (χ4v) is 2.17. The number of nitrogens with one attached hydrogen (secondary N) is 1. The van der Waals surface area contributed by atoms with Crippen LogP contribution in [-0.2, 0) is 11.8 Å².